The Labute approximate surface area is 123 Å². The molecule has 0 spiro atoms. The molecule has 108 valence electrons. The molecule has 0 saturated heterocycles. The van der Waals surface area contributed by atoms with Crippen LogP contribution in [0.4, 0.5) is 0 Å². The summed E-state index contributed by atoms with van der Waals surface area (Å²) in [6.07, 6.45) is 0.350. The molecule has 0 bridgehead atoms. The predicted molar refractivity (Wildman–Crippen MR) is 80.9 cm³/mol. The molecular weight excluding hydrogens is 276 g/mol. The van der Waals surface area contributed by atoms with Gasteiger partial charge in [-0.05, 0) is 24.3 Å². The van der Waals surface area contributed by atoms with E-state index in [1.54, 1.807) is 24.3 Å². The summed E-state index contributed by atoms with van der Waals surface area (Å²) < 4.78 is 1.50. The van der Waals surface area contributed by atoms with Gasteiger partial charge in [0.25, 0.3) is 5.56 Å². The Bertz CT molecular complexity index is 648. The molecule has 0 aliphatic rings. The van der Waals surface area contributed by atoms with Crippen molar-refractivity contribution < 1.29 is 5.11 Å². The molecular formula is C15H19ClN2O2. The lowest BCUT2D eigenvalue weighted by Gasteiger charge is -2.18. The van der Waals surface area contributed by atoms with Gasteiger partial charge in [-0.3, -0.25) is 9.89 Å². The summed E-state index contributed by atoms with van der Waals surface area (Å²) in [5.74, 6) is 0. The summed E-state index contributed by atoms with van der Waals surface area (Å²) in [6.45, 7) is 6.05. The molecule has 0 aliphatic heterocycles. The molecule has 0 amide bonds. The van der Waals surface area contributed by atoms with Gasteiger partial charge in [0.1, 0.15) is 0 Å². The first kappa shape index (κ1) is 14.9. The van der Waals surface area contributed by atoms with Crippen LogP contribution in [0.25, 0.3) is 5.69 Å². The number of halogens is 1. The normalized spacial score (nSPS) is 11.8. The number of aromatic amines is 1. The number of aromatic nitrogens is 2. The molecule has 2 rings (SSSR count). The molecule has 0 atom stereocenters. The summed E-state index contributed by atoms with van der Waals surface area (Å²) in [5.41, 5.74) is 1.91. The van der Waals surface area contributed by atoms with Crippen molar-refractivity contribution in [2.24, 2.45) is 0 Å². The maximum atomic E-state index is 12.5. The molecule has 0 aliphatic carbocycles. The number of nitrogens with one attached hydrogen (secondary N) is 1. The second kappa shape index (κ2) is 5.46. The van der Waals surface area contributed by atoms with Gasteiger partial charge in [-0.25, -0.2) is 4.68 Å². The number of aliphatic hydroxyl groups is 1. The summed E-state index contributed by atoms with van der Waals surface area (Å²) in [4.78, 5) is 12.5. The zero-order valence-electron chi connectivity index (χ0n) is 11.9. The summed E-state index contributed by atoms with van der Waals surface area (Å²) >= 11 is 5.87. The third-order valence-electron chi connectivity index (χ3n) is 3.18. The van der Waals surface area contributed by atoms with Crippen molar-refractivity contribution in [3.05, 3.63) is 50.9 Å². The fraction of sp³-hybridized carbons (Fsp3) is 0.400. The first-order chi connectivity index (χ1) is 9.34. The highest BCUT2D eigenvalue weighted by molar-refractivity contribution is 6.30. The molecule has 0 saturated carbocycles. The maximum absolute atomic E-state index is 12.5. The minimum absolute atomic E-state index is 0.0449. The lowest BCUT2D eigenvalue weighted by Crippen LogP contribution is -2.19. The van der Waals surface area contributed by atoms with Crippen LogP contribution in [0.3, 0.4) is 0 Å². The lowest BCUT2D eigenvalue weighted by molar-refractivity contribution is 0.298. The van der Waals surface area contributed by atoms with Crippen LogP contribution in [0.1, 0.15) is 32.0 Å². The van der Waals surface area contributed by atoms with Crippen molar-refractivity contribution in [3.8, 4) is 5.69 Å². The zero-order chi connectivity index (χ0) is 14.9. The fourth-order valence-electron chi connectivity index (χ4n) is 2.21. The molecule has 20 heavy (non-hydrogen) atoms. The number of hydrogen-bond acceptors (Lipinski definition) is 2. The monoisotopic (exact) mass is 294 g/mol. The number of H-pyrrole nitrogens is 1. The smallest absolute Gasteiger partial charge is 0.274 e. The molecule has 0 unspecified atom stereocenters. The minimum atomic E-state index is -0.193. The Balaban J connectivity index is 2.61. The zero-order valence-corrected chi connectivity index (χ0v) is 12.7. The van der Waals surface area contributed by atoms with Crippen LogP contribution in [-0.4, -0.2) is 21.5 Å². The van der Waals surface area contributed by atoms with Crippen molar-refractivity contribution in [1.82, 2.24) is 9.78 Å². The Hall–Kier alpha value is -1.52. The van der Waals surface area contributed by atoms with Gasteiger partial charge in [0.15, 0.2) is 0 Å². The first-order valence-corrected chi connectivity index (χ1v) is 6.93. The summed E-state index contributed by atoms with van der Waals surface area (Å²) in [5, 5.41) is 13.0. The number of rotatable bonds is 3. The van der Waals surface area contributed by atoms with Crippen molar-refractivity contribution in [2.45, 2.75) is 32.6 Å². The number of aliphatic hydroxyl groups excluding tert-OH is 1. The largest absolute Gasteiger partial charge is 0.396 e. The van der Waals surface area contributed by atoms with E-state index in [4.69, 9.17) is 11.6 Å². The van der Waals surface area contributed by atoms with Crippen molar-refractivity contribution >= 4 is 11.6 Å². The second-order valence-electron chi connectivity index (χ2n) is 5.81. The van der Waals surface area contributed by atoms with Gasteiger partial charge in [0.2, 0.25) is 0 Å². The topological polar surface area (TPSA) is 58.0 Å². The predicted octanol–water partition coefficient (Wildman–Crippen LogP) is 2.65. The second-order valence-corrected chi connectivity index (χ2v) is 6.24. The van der Waals surface area contributed by atoms with Crippen LogP contribution in [0.2, 0.25) is 5.02 Å². The highest BCUT2D eigenvalue weighted by Gasteiger charge is 2.24. The van der Waals surface area contributed by atoms with E-state index in [-0.39, 0.29) is 17.6 Å². The third-order valence-corrected chi connectivity index (χ3v) is 3.44. The van der Waals surface area contributed by atoms with Gasteiger partial charge in [0.05, 0.1) is 5.69 Å². The molecule has 2 N–H and O–H groups in total. The van der Waals surface area contributed by atoms with Crippen molar-refractivity contribution in [3.63, 3.8) is 0 Å². The molecule has 5 heteroatoms. The average Bonchev–Trinajstić information content (AvgIpc) is 2.69. The third kappa shape index (κ3) is 2.81. The number of hydrogen-bond donors (Lipinski definition) is 2. The number of nitrogens with zero attached hydrogens (tertiary/aromatic N) is 1. The van der Waals surface area contributed by atoms with Crippen LogP contribution in [0, 0.1) is 0 Å². The van der Waals surface area contributed by atoms with Gasteiger partial charge in [-0.2, -0.15) is 0 Å². The van der Waals surface area contributed by atoms with Gasteiger partial charge >= 0.3 is 0 Å². The standard InChI is InChI=1S/C15H19ClN2O2/c1-15(2,3)13-12(8-9-19)14(20)18(17-13)11-6-4-10(16)5-7-11/h4-7,17,19H,8-9H2,1-3H3. The van der Waals surface area contributed by atoms with Gasteiger partial charge < -0.3 is 5.11 Å². The van der Waals surface area contributed by atoms with Crippen LogP contribution in [0.15, 0.2) is 29.1 Å². The van der Waals surface area contributed by atoms with E-state index in [1.807, 2.05) is 20.8 Å². The van der Waals surface area contributed by atoms with E-state index >= 15 is 0 Å². The van der Waals surface area contributed by atoms with Crippen molar-refractivity contribution in [2.75, 3.05) is 6.61 Å². The molecule has 1 aromatic carbocycles. The van der Waals surface area contributed by atoms with Gasteiger partial charge in [-0.15, -0.1) is 0 Å². The summed E-state index contributed by atoms with van der Waals surface area (Å²) in [7, 11) is 0. The van der Waals surface area contributed by atoms with Crippen LogP contribution in [-0.2, 0) is 11.8 Å². The van der Waals surface area contributed by atoms with E-state index in [0.717, 1.165) is 11.4 Å². The Morgan fingerprint density at radius 3 is 2.35 bits per heavy atom. The van der Waals surface area contributed by atoms with E-state index in [0.29, 0.717) is 17.0 Å². The Kier molecular flexibility index (Phi) is 4.06. The fourth-order valence-corrected chi connectivity index (χ4v) is 2.33. The first-order valence-electron chi connectivity index (χ1n) is 6.56. The quantitative estimate of drug-likeness (QED) is 0.914. The van der Waals surface area contributed by atoms with E-state index in [2.05, 4.69) is 5.10 Å². The molecule has 2 aromatic rings. The molecule has 0 radical (unpaired) electrons. The van der Waals surface area contributed by atoms with E-state index < -0.39 is 0 Å². The summed E-state index contributed by atoms with van der Waals surface area (Å²) in [6, 6.07) is 7.06. The van der Waals surface area contributed by atoms with Gasteiger partial charge in [-0.1, -0.05) is 32.4 Å². The highest BCUT2D eigenvalue weighted by Crippen LogP contribution is 2.23. The molecule has 4 nitrogen and oxygen atoms in total. The molecule has 1 aromatic heterocycles. The van der Waals surface area contributed by atoms with Crippen LogP contribution < -0.4 is 5.56 Å². The Morgan fingerprint density at radius 2 is 1.85 bits per heavy atom. The van der Waals surface area contributed by atoms with Crippen LogP contribution >= 0.6 is 11.6 Å². The van der Waals surface area contributed by atoms with Crippen molar-refractivity contribution in [1.29, 1.82) is 0 Å². The molecule has 0 fully saturated rings. The van der Waals surface area contributed by atoms with Crippen LogP contribution in [0.5, 0.6) is 0 Å². The molecule has 1 heterocycles. The number of benzene rings is 1. The maximum Gasteiger partial charge on any atom is 0.274 e. The Morgan fingerprint density at radius 1 is 1.25 bits per heavy atom. The highest BCUT2D eigenvalue weighted by atomic mass is 35.5. The SMILES string of the molecule is CC(C)(C)c1[nH]n(-c2ccc(Cl)cc2)c(=O)c1CCO. The van der Waals surface area contributed by atoms with E-state index in [1.165, 1.54) is 4.68 Å². The van der Waals surface area contributed by atoms with Gasteiger partial charge in [0, 0.05) is 34.7 Å². The average molecular weight is 295 g/mol. The lowest BCUT2D eigenvalue weighted by atomic mass is 9.89. The van der Waals surface area contributed by atoms with E-state index in [9.17, 15) is 9.90 Å². The minimum Gasteiger partial charge on any atom is -0.396 e.